The minimum atomic E-state index is -0.352. The van der Waals surface area contributed by atoms with E-state index in [4.69, 9.17) is 0 Å². The number of aryl methyl sites for hydroxylation is 1. The van der Waals surface area contributed by atoms with Gasteiger partial charge in [-0.15, -0.1) is 0 Å². The molecule has 98 valence electrons. The van der Waals surface area contributed by atoms with Crippen LogP contribution in [0.5, 0.6) is 0 Å². The molecule has 0 saturated heterocycles. The third-order valence-electron chi connectivity index (χ3n) is 3.49. The van der Waals surface area contributed by atoms with Gasteiger partial charge in [-0.3, -0.25) is 13.9 Å². The maximum absolute atomic E-state index is 12.0. The Morgan fingerprint density at radius 1 is 1.17 bits per heavy atom. The number of nitrogens with zero attached hydrogens (tertiary/aromatic N) is 3. The Hall–Kier alpha value is -1.85. The summed E-state index contributed by atoms with van der Waals surface area (Å²) in [6.45, 7) is 4.16. The maximum atomic E-state index is 12.0. The van der Waals surface area contributed by atoms with Crippen molar-refractivity contribution in [2.75, 3.05) is 0 Å². The Kier molecular flexibility index (Phi) is 3.11. The number of hydrogen-bond donors (Lipinski definition) is 1. The molecule has 0 radical (unpaired) electrons. The molecule has 2 heterocycles. The first kappa shape index (κ1) is 12.6. The molecule has 0 aliphatic heterocycles. The van der Waals surface area contributed by atoms with Crippen LogP contribution in [0.1, 0.15) is 38.4 Å². The molecule has 0 fully saturated rings. The quantitative estimate of drug-likeness (QED) is 0.878. The molecule has 0 atom stereocenters. The molecule has 1 N–H and O–H groups in total. The van der Waals surface area contributed by atoms with E-state index in [2.05, 4.69) is 23.8 Å². The van der Waals surface area contributed by atoms with Gasteiger partial charge in [-0.05, 0) is 12.8 Å². The first-order valence-electron chi connectivity index (χ1n) is 6.16. The molecular formula is C12H18N4O2. The van der Waals surface area contributed by atoms with Crippen LogP contribution in [0.4, 0.5) is 0 Å². The lowest BCUT2D eigenvalue weighted by atomic mass is 10.0. The van der Waals surface area contributed by atoms with Crippen LogP contribution in [0.2, 0.25) is 0 Å². The Morgan fingerprint density at radius 2 is 1.78 bits per heavy atom. The lowest BCUT2D eigenvalue weighted by Gasteiger charge is -2.06. The molecule has 0 aromatic carbocycles. The predicted octanol–water partition coefficient (Wildman–Crippen LogP) is 0.864. The van der Waals surface area contributed by atoms with Crippen molar-refractivity contribution in [3.8, 4) is 0 Å². The fourth-order valence-electron chi connectivity index (χ4n) is 2.21. The van der Waals surface area contributed by atoms with Gasteiger partial charge in [0.2, 0.25) is 0 Å². The molecule has 0 unspecified atom stereocenters. The minimum absolute atomic E-state index is 0.289. The van der Waals surface area contributed by atoms with Crippen molar-refractivity contribution in [3.05, 3.63) is 26.7 Å². The average Bonchev–Trinajstić information content (AvgIpc) is 2.80. The van der Waals surface area contributed by atoms with Gasteiger partial charge in [-0.1, -0.05) is 13.8 Å². The third kappa shape index (κ3) is 1.68. The number of aromatic amines is 1. The molecule has 0 spiro atoms. The number of nitrogens with one attached hydrogen (secondary N) is 1. The molecule has 0 bridgehead atoms. The van der Waals surface area contributed by atoms with Crippen molar-refractivity contribution in [2.45, 2.75) is 32.6 Å². The Labute approximate surface area is 104 Å². The molecule has 6 heteroatoms. The van der Waals surface area contributed by atoms with E-state index in [1.54, 1.807) is 7.05 Å². The summed E-state index contributed by atoms with van der Waals surface area (Å²) >= 11 is 0. The van der Waals surface area contributed by atoms with Crippen molar-refractivity contribution in [3.63, 3.8) is 0 Å². The van der Waals surface area contributed by atoms with Crippen molar-refractivity contribution in [1.82, 2.24) is 19.1 Å². The summed E-state index contributed by atoms with van der Waals surface area (Å²) in [6, 6.07) is 0. The second-order valence-corrected chi connectivity index (χ2v) is 4.54. The number of H-pyrrole nitrogens is 1. The molecule has 6 nitrogen and oxygen atoms in total. The predicted molar refractivity (Wildman–Crippen MR) is 69.9 cm³/mol. The van der Waals surface area contributed by atoms with Crippen LogP contribution in [0.3, 0.4) is 0 Å². The molecular weight excluding hydrogens is 232 g/mol. The second kappa shape index (κ2) is 4.44. The summed E-state index contributed by atoms with van der Waals surface area (Å²) in [5.74, 6) is 1.07. The maximum Gasteiger partial charge on any atom is 0.332 e. The standard InChI is InChI=1S/C12H18N4O2/c1-5-7(6-2)9-13-8-10(14-9)15(3)12(18)16(4)11(8)17/h7H,5-6H2,1-4H3,(H,13,14). The number of imidazole rings is 1. The van der Waals surface area contributed by atoms with Gasteiger partial charge < -0.3 is 4.98 Å². The summed E-state index contributed by atoms with van der Waals surface area (Å²) in [6.07, 6.45) is 1.90. The number of hydrogen-bond acceptors (Lipinski definition) is 3. The van der Waals surface area contributed by atoms with Crippen LogP contribution in [0, 0.1) is 0 Å². The molecule has 0 amide bonds. The van der Waals surface area contributed by atoms with Crippen LogP contribution in [-0.4, -0.2) is 19.1 Å². The van der Waals surface area contributed by atoms with Crippen LogP contribution >= 0.6 is 0 Å². The topological polar surface area (TPSA) is 72.7 Å². The van der Waals surface area contributed by atoms with Crippen LogP contribution < -0.4 is 11.2 Å². The summed E-state index contributed by atoms with van der Waals surface area (Å²) < 4.78 is 2.50. The van der Waals surface area contributed by atoms with Gasteiger partial charge in [0, 0.05) is 20.0 Å². The van der Waals surface area contributed by atoms with E-state index < -0.39 is 0 Å². The highest BCUT2D eigenvalue weighted by molar-refractivity contribution is 5.69. The molecule has 2 aromatic heterocycles. The van der Waals surface area contributed by atoms with Crippen LogP contribution in [0.25, 0.3) is 11.2 Å². The fourth-order valence-corrected chi connectivity index (χ4v) is 2.21. The minimum Gasteiger partial charge on any atom is -0.336 e. The van der Waals surface area contributed by atoms with Gasteiger partial charge >= 0.3 is 5.69 Å². The monoisotopic (exact) mass is 250 g/mol. The number of aromatic nitrogens is 4. The first-order valence-corrected chi connectivity index (χ1v) is 6.16. The Balaban J connectivity index is 2.80. The van der Waals surface area contributed by atoms with Crippen molar-refractivity contribution >= 4 is 11.2 Å². The largest absolute Gasteiger partial charge is 0.336 e. The van der Waals surface area contributed by atoms with Crippen molar-refractivity contribution in [2.24, 2.45) is 14.1 Å². The summed E-state index contributed by atoms with van der Waals surface area (Å²) in [4.78, 5) is 31.3. The molecule has 2 aromatic rings. The van der Waals surface area contributed by atoms with E-state index in [9.17, 15) is 9.59 Å². The molecule has 0 saturated carbocycles. The molecule has 2 rings (SSSR count). The van der Waals surface area contributed by atoms with E-state index in [1.165, 1.54) is 11.6 Å². The van der Waals surface area contributed by atoms with Gasteiger partial charge in [0.25, 0.3) is 5.56 Å². The zero-order valence-corrected chi connectivity index (χ0v) is 11.1. The molecule has 0 aliphatic rings. The van der Waals surface area contributed by atoms with Gasteiger partial charge in [0.05, 0.1) is 0 Å². The third-order valence-corrected chi connectivity index (χ3v) is 3.49. The summed E-state index contributed by atoms with van der Waals surface area (Å²) in [5.41, 5.74) is 0.166. The van der Waals surface area contributed by atoms with Crippen LogP contribution in [-0.2, 0) is 14.1 Å². The normalized spacial score (nSPS) is 11.6. The van der Waals surface area contributed by atoms with Gasteiger partial charge in [-0.2, -0.15) is 0 Å². The van der Waals surface area contributed by atoms with Gasteiger partial charge in [-0.25, -0.2) is 9.78 Å². The average molecular weight is 250 g/mol. The summed E-state index contributed by atoms with van der Waals surface area (Å²) in [7, 11) is 3.10. The summed E-state index contributed by atoms with van der Waals surface area (Å²) in [5, 5.41) is 0. The van der Waals surface area contributed by atoms with Crippen molar-refractivity contribution in [1.29, 1.82) is 0 Å². The SMILES string of the molecule is CCC(CC)c1nc2c([nH]1)c(=O)n(C)c(=O)n2C. The highest BCUT2D eigenvalue weighted by atomic mass is 16.2. The van der Waals surface area contributed by atoms with Gasteiger partial charge in [0.1, 0.15) is 11.3 Å². The molecule has 0 aliphatic carbocycles. The zero-order chi connectivity index (χ0) is 13.4. The van der Waals surface area contributed by atoms with E-state index >= 15 is 0 Å². The first-order chi connectivity index (χ1) is 8.51. The number of fused-ring (bicyclic) bond motifs is 1. The lowest BCUT2D eigenvalue weighted by molar-refractivity contribution is 0.610. The van der Waals surface area contributed by atoms with Crippen molar-refractivity contribution < 1.29 is 0 Å². The lowest BCUT2D eigenvalue weighted by Crippen LogP contribution is -2.36. The van der Waals surface area contributed by atoms with E-state index in [0.29, 0.717) is 11.2 Å². The smallest absolute Gasteiger partial charge is 0.332 e. The number of rotatable bonds is 3. The highest BCUT2D eigenvalue weighted by Gasteiger charge is 2.17. The second-order valence-electron chi connectivity index (χ2n) is 4.54. The van der Waals surface area contributed by atoms with Gasteiger partial charge in [0.15, 0.2) is 5.65 Å². The zero-order valence-electron chi connectivity index (χ0n) is 11.1. The highest BCUT2D eigenvalue weighted by Crippen LogP contribution is 2.21. The molecule has 18 heavy (non-hydrogen) atoms. The Morgan fingerprint density at radius 3 is 2.33 bits per heavy atom. The van der Waals surface area contributed by atoms with E-state index in [1.807, 2.05) is 0 Å². The Bertz CT molecular complexity index is 688. The van der Waals surface area contributed by atoms with E-state index in [-0.39, 0.29) is 17.2 Å². The fraction of sp³-hybridized carbons (Fsp3) is 0.583. The van der Waals surface area contributed by atoms with E-state index in [0.717, 1.165) is 23.2 Å². The van der Waals surface area contributed by atoms with Crippen LogP contribution in [0.15, 0.2) is 9.59 Å².